The summed E-state index contributed by atoms with van der Waals surface area (Å²) in [7, 11) is 0. The minimum atomic E-state index is -0.119. The number of hydrogen-bond acceptors (Lipinski definition) is 5. The molecule has 1 atom stereocenters. The maximum atomic E-state index is 12.1. The van der Waals surface area contributed by atoms with Crippen LogP contribution in [-0.4, -0.2) is 80.3 Å². The van der Waals surface area contributed by atoms with Gasteiger partial charge in [0.15, 0.2) is 5.96 Å². The molecule has 0 radical (unpaired) electrons. The summed E-state index contributed by atoms with van der Waals surface area (Å²) in [6, 6.07) is 3.92. The number of aromatic nitrogens is 1. The number of ether oxygens (including phenoxy) is 1. The Hall–Kier alpha value is -2.19. The van der Waals surface area contributed by atoms with Crippen LogP contribution in [0.2, 0.25) is 0 Å². The number of hydrogen-bond donors (Lipinski definition) is 3. The number of rotatable bonds is 10. The van der Waals surface area contributed by atoms with Crippen LogP contribution in [0.25, 0.3) is 0 Å². The highest BCUT2D eigenvalue weighted by Crippen LogP contribution is 2.14. The second kappa shape index (κ2) is 13.1. The molecule has 0 bridgehead atoms. The van der Waals surface area contributed by atoms with Crippen molar-refractivity contribution in [2.24, 2.45) is 10.9 Å². The van der Waals surface area contributed by atoms with Gasteiger partial charge in [-0.1, -0.05) is 13.8 Å². The number of nitrogens with zero attached hydrogens (tertiary/aromatic N) is 3. The molecule has 1 aliphatic heterocycles. The van der Waals surface area contributed by atoms with Gasteiger partial charge in [0, 0.05) is 51.2 Å². The lowest BCUT2D eigenvalue weighted by Gasteiger charge is -2.34. The first-order valence-corrected chi connectivity index (χ1v) is 10.6. The predicted octanol–water partition coefficient (Wildman–Crippen LogP) is 1.11. The van der Waals surface area contributed by atoms with E-state index in [4.69, 9.17) is 9.73 Å². The van der Waals surface area contributed by atoms with Gasteiger partial charge in [0.2, 0.25) is 0 Å². The summed E-state index contributed by atoms with van der Waals surface area (Å²) in [6.07, 6.45) is 4.33. The minimum absolute atomic E-state index is 0.119. The molecule has 1 aromatic heterocycles. The van der Waals surface area contributed by atoms with Gasteiger partial charge in [-0.3, -0.25) is 19.7 Å². The molecule has 8 nitrogen and oxygen atoms in total. The number of aliphatic imine (C=N–C) groups is 1. The summed E-state index contributed by atoms with van der Waals surface area (Å²) in [4.78, 5) is 23.3. The van der Waals surface area contributed by atoms with Gasteiger partial charge in [0.05, 0.1) is 25.3 Å². The Morgan fingerprint density at radius 3 is 2.66 bits per heavy atom. The number of carbonyl (C=O) groups excluding carboxylic acids is 1. The Kier molecular flexibility index (Phi) is 10.4. The van der Waals surface area contributed by atoms with Crippen molar-refractivity contribution >= 4 is 11.9 Å². The van der Waals surface area contributed by atoms with Gasteiger partial charge < -0.3 is 20.7 Å². The number of pyridine rings is 1. The Bertz CT molecular complexity index is 617. The molecule has 1 fully saturated rings. The highest BCUT2D eigenvalue weighted by molar-refractivity contribution is 5.93. The lowest BCUT2D eigenvalue weighted by Crippen LogP contribution is -2.47. The van der Waals surface area contributed by atoms with Crippen LogP contribution in [0.3, 0.4) is 0 Å². The highest BCUT2D eigenvalue weighted by Gasteiger charge is 2.21. The van der Waals surface area contributed by atoms with Crippen LogP contribution in [-0.2, 0) is 4.74 Å². The molecular weight excluding hydrogens is 368 g/mol. The molecule has 0 spiro atoms. The summed E-state index contributed by atoms with van der Waals surface area (Å²) >= 11 is 0. The molecule has 1 aromatic rings. The summed E-state index contributed by atoms with van der Waals surface area (Å²) in [5.41, 5.74) is 0.565. The smallest absolute Gasteiger partial charge is 0.252 e. The fraction of sp³-hybridized carbons (Fsp3) is 0.667. The number of guanidine groups is 1. The lowest BCUT2D eigenvalue weighted by molar-refractivity contribution is 0.0143. The van der Waals surface area contributed by atoms with Crippen molar-refractivity contribution in [1.82, 2.24) is 25.8 Å². The zero-order chi connectivity index (χ0) is 20.9. The van der Waals surface area contributed by atoms with E-state index in [1.165, 1.54) is 0 Å². The van der Waals surface area contributed by atoms with Gasteiger partial charge in [-0.25, -0.2) is 0 Å². The van der Waals surface area contributed by atoms with E-state index < -0.39 is 0 Å². The van der Waals surface area contributed by atoms with E-state index in [-0.39, 0.29) is 5.91 Å². The third kappa shape index (κ3) is 8.79. The van der Waals surface area contributed by atoms with E-state index in [0.717, 1.165) is 51.8 Å². The third-order valence-corrected chi connectivity index (χ3v) is 4.74. The van der Waals surface area contributed by atoms with Crippen molar-refractivity contribution in [2.75, 3.05) is 52.5 Å². The fourth-order valence-electron chi connectivity index (χ4n) is 3.32. The van der Waals surface area contributed by atoms with Crippen molar-refractivity contribution in [3.63, 3.8) is 0 Å². The van der Waals surface area contributed by atoms with E-state index in [1.807, 2.05) is 0 Å². The summed E-state index contributed by atoms with van der Waals surface area (Å²) < 4.78 is 5.50. The van der Waals surface area contributed by atoms with Gasteiger partial charge in [-0.15, -0.1) is 0 Å². The normalized spacial score (nSPS) is 16.5. The molecule has 162 valence electrons. The molecule has 8 heteroatoms. The molecule has 0 saturated carbocycles. The summed E-state index contributed by atoms with van der Waals surface area (Å²) in [6.45, 7) is 12.7. The number of nitrogens with one attached hydrogen (secondary N) is 3. The number of amides is 1. The Labute approximate surface area is 174 Å². The van der Waals surface area contributed by atoms with E-state index in [0.29, 0.717) is 30.6 Å². The summed E-state index contributed by atoms with van der Waals surface area (Å²) in [5.74, 6) is 1.28. The monoisotopic (exact) mass is 404 g/mol. The van der Waals surface area contributed by atoms with Crippen molar-refractivity contribution in [3.05, 3.63) is 30.1 Å². The van der Waals surface area contributed by atoms with Gasteiger partial charge in [0.1, 0.15) is 0 Å². The summed E-state index contributed by atoms with van der Waals surface area (Å²) in [5, 5.41) is 9.48. The lowest BCUT2D eigenvalue weighted by atomic mass is 10.0. The highest BCUT2D eigenvalue weighted by atomic mass is 16.5. The van der Waals surface area contributed by atoms with Crippen LogP contribution in [0.1, 0.15) is 37.6 Å². The molecule has 2 rings (SSSR count). The number of carbonyl (C=O) groups is 1. The van der Waals surface area contributed by atoms with Crippen LogP contribution < -0.4 is 16.0 Å². The first-order valence-electron chi connectivity index (χ1n) is 10.6. The van der Waals surface area contributed by atoms with Gasteiger partial charge in [-0.05, 0) is 31.4 Å². The van der Waals surface area contributed by atoms with Crippen molar-refractivity contribution in [2.45, 2.75) is 33.2 Å². The molecule has 3 N–H and O–H groups in total. The largest absolute Gasteiger partial charge is 0.379 e. The van der Waals surface area contributed by atoms with Crippen molar-refractivity contribution in [3.8, 4) is 0 Å². The molecular formula is C21H36N6O2. The van der Waals surface area contributed by atoms with Crippen LogP contribution in [0.4, 0.5) is 0 Å². The second-order valence-electron chi connectivity index (χ2n) is 7.58. The molecule has 1 unspecified atom stereocenters. The first-order chi connectivity index (χ1) is 14.1. The fourth-order valence-corrected chi connectivity index (χ4v) is 3.32. The number of morpholine rings is 1. The predicted molar refractivity (Wildman–Crippen MR) is 116 cm³/mol. The Morgan fingerprint density at radius 2 is 2.00 bits per heavy atom. The van der Waals surface area contributed by atoms with Crippen LogP contribution in [0, 0.1) is 5.92 Å². The molecule has 29 heavy (non-hydrogen) atoms. The topological polar surface area (TPSA) is 90.9 Å². The third-order valence-electron chi connectivity index (χ3n) is 4.74. The molecule has 1 aliphatic rings. The molecule has 0 aliphatic carbocycles. The van der Waals surface area contributed by atoms with Gasteiger partial charge in [-0.2, -0.15) is 0 Å². The molecule has 0 aromatic carbocycles. The average Bonchev–Trinajstić information content (AvgIpc) is 2.74. The van der Waals surface area contributed by atoms with Crippen LogP contribution in [0.5, 0.6) is 0 Å². The van der Waals surface area contributed by atoms with E-state index >= 15 is 0 Å². The standard InChI is InChI=1S/C21H36N6O2/c1-4-23-21(25-9-8-24-20(28)18-6-5-7-22-15-18)26-16-19(14-17(2)3)27-10-12-29-13-11-27/h5-7,15,17,19H,4,8-14,16H2,1-3H3,(H,24,28)(H2,23,25,26). The molecule has 2 heterocycles. The van der Waals surface area contributed by atoms with E-state index in [2.05, 4.69) is 46.6 Å². The molecule has 1 amide bonds. The zero-order valence-corrected chi connectivity index (χ0v) is 18.0. The van der Waals surface area contributed by atoms with Crippen LogP contribution in [0.15, 0.2) is 29.5 Å². The maximum Gasteiger partial charge on any atom is 0.252 e. The molecule has 1 saturated heterocycles. The quantitative estimate of drug-likeness (QED) is 0.308. The second-order valence-corrected chi connectivity index (χ2v) is 7.58. The van der Waals surface area contributed by atoms with Gasteiger partial charge >= 0.3 is 0 Å². The average molecular weight is 405 g/mol. The van der Waals surface area contributed by atoms with Gasteiger partial charge in [0.25, 0.3) is 5.91 Å². The van der Waals surface area contributed by atoms with Crippen molar-refractivity contribution in [1.29, 1.82) is 0 Å². The van der Waals surface area contributed by atoms with Crippen LogP contribution >= 0.6 is 0 Å². The minimum Gasteiger partial charge on any atom is -0.379 e. The SMILES string of the molecule is CCNC(=NCC(CC(C)C)N1CCOCC1)NCCNC(=O)c1cccnc1. The Balaban J connectivity index is 1.82. The maximum absolute atomic E-state index is 12.1. The van der Waals surface area contributed by atoms with E-state index in [1.54, 1.807) is 24.5 Å². The Morgan fingerprint density at radius 1 is 1.24 bits per heavy atom. The first kappa shape index (κ1) is 23.1. The van der Waals surface area contributed by atoms with Crippen molar-refractivity contribution < 1.29 is 9.53 Å². The zero-order valence-electron chi connectivity index (χ0n) is 18.0. The van der Waals surface area contributed by atoms with E-state index in [9.17, 15) is 4.79 Å².